The van der Waals surface area contributed by atoms with Crippen LogP contribution in [0.5, 0.6) is 5.75 Å². The summed E-state index contributed by atoms with van der Waals surface area (Å²) in [5, 5.41) is 2.00. The van der Waals surface area contributed by atoms with Gasteiger partial charge in [0, 0.05) is 11.5 Å². The van der Waals surface area contributed by atoms with E-state index in [1.54, 1.807) is 11.3 Å². The van der Waals surface area contributed by atoms with E-state index in [1.165, 1.54) is 12.1 Å². The lowest BCUT2D eigenvalue weighted by atomic mass is 9.83. The molecule has 2 heterocycles. The van der Waals surface area contributed by atoms with Gasteiger partial charge in [-0.3, -0.25) is 0 Å². The van der Waals surface area contributed by atoms with Crippen LogP contribution < -0.4 is 4.74 Å². The quantitative estimate of drug-likeness (QED) is 0.479. The van der Waals surface area contributed by atoms with E-state index in [4.69, 9.17) is 27.9 Å². The van der Waals surface area contributed by atoms with E-state index < -0.39 is 9.93 Å². The number of halogens is 3. The number of rotatable bonds is 2. The molecule has 3 aromatic rings. The normalized spacial score (nSPS) is 28.6. The standard InChI is InChI=1S/C20H13Cl2FOS/c21-20(22)18-17(12-7-9-13(23)10-8-12)14-4-1-2-5-15(14)24-19(18,20)16-6-3-11-25-16/h1-11,17-18H/t17-,18-,19-/m0/s1. The van der Waals surface area contributed by atoms with Crippen LogP contribution in [0.4, 0.5) is 4.39 Å². The van der Waals surface area contributed by atoms with Crippen molar-refractivity contribution in [2.24, 2.45) is 5.92 Å². The van der Waals surface area contributed by atoms with Gasteiger partial charge in [0.2, 0.25) is 0 Å². The molecule has 2 aliphatic rings. The molecule has 0 spiro atoms. The van der Waals surface area contributed by atoms with Gasteiger partial charge in [0.05, 0.1) is 10.8 Å². The summed E-state index contributed by atoms with van der Waals surface area (Å²) in [5.74, 6) is 0.335. The first-order valence-corrected chi connectivity index (χ1v) is 9.64. The number of hydrogen-bond donors (Lipinski definition) is 0. The molecular formula is C20H13Cl2FOS. The molecule has 1 fully saturated rings. The average Bonchev–Trinajstić information content (AvgIpc) is 2.99. The fourth-order valence-electron chi connectivity index (χ4n) is 4.06. The van der Waals surface area contributed by atoms with Gasteiger partial charge in [-0.05, 0) is 35.2 Å². The Labute approximate surface area is 159 Å². The van der Waals surface area contributed by atoms with Gasteiger partial charge in [-0.2, -0.15) is 0 Å². The molecule has 0 bridgehead atoms. The second-order valence-corrected chi connectivity index (χ2v) is 8.82. The maximum Gasteiger partial charge on any atom is 0.183 e. The molecule has 0 N–H and O–H groups in total. The van der Waals surface area contributed by atoms with Gasteiger partial charge < -0.3 is 4.74 Å². The van der Waals surface area contributed by atoms with Gasteiger partial charge in [-0.1, -0.05) is 59.6 Å². The van der Waals surface area contributed by atoms with Gasteiger partial charge in [-0.15, -0.1) is 11.3 Å². The van der Waals surface area contributed by atoms with Crippen LogP contribution in [0.3, 0.4) is 0 Å². The number of fused-ring (bicyclic) bond motifs is 2. The van der Waals surface area contributed by atoms with Crippen molar-refractivity contribution in [1.82, 2.24) is 0 Å². The van der Waals surface area contributed by atoms with E-state index in [-0.39, 0.29) is 17.7 Å². The predicted octanol–water partition coefficient (Wildman–Crippen LogP) is 6.11. The zero-order valence-electron chi connectivity index (χ0n) is 13.0. The monoisotopic (exact) mass is 390 g/mol. The summed E-state index contributed by atoms with van der Waals surface area (Å²) in [6.45, 7) is 0. The molecule has 2 aromatic carbocycles. The van der Waals surface area contributed by atoms with E-state index in [0.717, 1.165) is 21.8 Å². The highest BCUT2D eigenvalue weighted by Crippen LogP contribution is 2.77. The van der Waals surface area contributed by atoms with Crippen LogP contribution in [0.1, 0.15) is 21.9 Å². The molecule has 0 unspecified atom stereocenters. The smallest absolute Gasteiger partial charge is 0.183 e. The average molecular weight is 391 g/mol. The number of hydrogen-bond acceptors (Lipinski definition) is 2. The molecule has 5 rings (SSSR count). The van der Waals surface area contributed by atoms with E-state index in [1.807, 2.05) is 53.9 Å². The Balaban J connectivity index is 1.73. The van der Waals surface area contributed by atoms with Crippen LogP contribution in [-0.4, -0.2) is 4.33 Å². The van der Waals surface area contributed by atoms with Crippen molar-refractivity contribution >= 4 is 34.5 Å². The van der Waals surface area contributed by atoms with Crippen molar-refractivity contribution in [3.63, 3.8) is 0 Å². The van der Waals surface area contributed by atoms with Crippen LogP contribution in [0.15, 0.2) is 66.0 Å². The summed E-state index contributed by atoms with van der Waals surface area (Å²) < 4.78 is 18.8. The van der Waals surface area contributed by atoms with Gasteiger partial charge in [0.15, 0.2) is 9.93 Å². The molecular weight excluding hydrogens is 378 g/mol. The van der Waals surface area contributed by atoms with E-state index in [9.17, 15) is 4.39 Å². The van der Waals surface area contributed by atoms with Crippen LogP contribution in [0, 0.1) is 11.7 Å². The number of para-hydroxylation sites is 1. The number of ether oxygens (including phenoxy) is 1. The molecule has 25 heavy (non-hydrogen) atoms. The summed E-state index contributed by atoms with van der Waals surface area (Å²) >= 11 is 15.2. The lowest BCUT2D eigenvalue weighted by molar-refractivity contribution is 0.141. The molecule has 1 saturated carbocycles. The molecule has 0 amide bonds. The van der Waals surface area contributed by atoms with Crippen molar-refractivity contribution in [2.75, 3.05) is 0 Å². The third-order valence-corrected chi connectivity index (χ3v) is 7.23. The molecule has 5 heteroatoms. The third kappa shape index (κ3) is 2.00. The molecule has 126 valence electrons. The minimum Gasteiger partial charge on any atom is -0.478 e. The van der Waals surface area contributed by atoms with Gasteiger partial charge in [0.25, 0.3) is 0 Å². The first-order valence-electron chi connectivity index (χ1n) is 8.01. The van der Waals surface area contributed by atoms with E-state index in [2.05, 4.69) is 0 Å². The number of thiophene rings is 1. The van der Waals surface area contributed by atoms with Gasteiger partial charge >= 0.3 is 0 Å². The molecule has 0 radical (unpaired) electrons. The first-order chi connectivity index (χ1) is 12.1. The fraction of sp³-hybridized carbons (Fsp3) is 0.200. The molecule has 3 atom stereocenters. The highest BCUT2D eigenvalue weighted by Gasteiger charge is 2.84. The molecule has 1 aliphatic carbocycles. The van der Waals surface area contributed by atoms with Crippen molar-refractivity contribution in [3.8, 4) is 5.75 Å². The zero-order chi connectivity index (χ0) is 17.2. The van der Waals surface area contributed by atoms with Crippen LogP contribution in [0.2, 0.25) is 0 Å². The highest BCUT2D eigenvalue weighted by molar-refractivity contribution is 7.10. The van der Waals surface area contributed by atoms with E-state index in [0.29, 0.717) is 0 Å². The highest BCUT2D eigenvalue weighted by atomic mass is 35.5. The molecule has 1 aromatic heterocycles. The lowest BCUT2D eigenvalue weighted by Crippen LogP contribution is -2.27. The zero-order valence-corrected chi connectivity index (χ0v) is 15.3. The van der Waals surface area contributed by atoms with Crippen LogP contribution in [0.25, 0.3) is 0 Å². The van der Waals surface area contributed by atoms with Crippen molar-refractivity contribution in [1.29, 1.82) is 0 Å². The molecule has 0 saturated heterocycles. The Morgan fingerprint density at radius 3 is 2.44 bits per heavy atom. The maximum atomic E-state index is 13.4. The second-order valence-electron chi connectivity index (χ2n) is 6.48. The van der Waals surface area contributed by atoms with Crippen molar-refractivity contribution < 1.29 is 9.13 Å². The van der Waals surface area contributed by atoms with Gasteiger partial charge in [0.1, 0.15) is 11.6 Å². The number of alkyl halides is 2. The summed E-state index contributed by atoms with van der Waals surface area (Å²) in [6.07, 6.45) is 0. The molecule has 1 aliphatic heterocycles. The Kier molecular flexibility index (Phi) is 3.28. The minimum atomic E-state index is -1.05. The summed E-state index contributed by atoms with van der Waals surface area (Å²) in [4.78, 5) is 1.02. The Morgan fingerprint density at radius 1 is 0.960 bits per heavy atom. The maximum absolute atomic E-state index is 13.4. The second kappa shape index (κ2) is 5.23. The third-order valence-electron chi connectivity index (χ3n) is 5.22. The topological polar surface area (TPSA) is 9.23 Å². The summed E-state index contributed by atoms with van der Waals surface area (Å²) in [5.41, 5.74) is 1.26. The Morgan fingerprint density at radius 2 is 1.72 bits per heavy atom. The lowest BCUT2D eigenvalue weighted by Gasteiger charge is -2.31. The minimum absolute atomic E-state index is 0.0531. The number of benzene rings is 2. The Hall–Kier alpha value is -1.55. The summed E-state index contributed by atoms with van der Waals surface area (Å²) in [6, 6.07) is 18.5. The predicted molar refractivity (Wildman–Crippen MR) is 99.2 cm³/mol. The SMILES string of the molecule is Fc1ccc([C@H]2c3ccccc3O[C@@]3(c4cccs4)[C@H]2C3(Cl)Cl)cc1. The fourth-order valence-corrected chi connectivity index (χ4v) is 6.11. The van der Waals surface area contributed by atoms with Crippen LogP contribution in [-0.2, 0) is 5.60 Å². The van der Waals surface area contributed by atoms with Crippen molar-refractivity contribution in [2.45, 2.75) is 15.9 Å². The summed E-state index contributed by atoms with van der Waals surface area (Å²) in [7, 11) is 0. The van der Waals surface area contributed by atoms with Crippen LogP contribution >= 0.6 is 34.5 Å². The Bertz CT molecular complexity index is 939. The van der Waals surface area contributed by atoms with Gasteiger partial charge in [-0.25, -0.2) is 4.39 Å². The van der Waals surface area contributed by atoms with E-state index >= 15 is 0 Å². The van der Waals surface area contributed by atoms with Crippen molar-refractivity contribution in [3.05, 3.63) is 87.9 Å². The molecule has 1 nitrogen and oxygen atoms in total. The first kappa shape index (κ1) is 15.7. The largest absolute Gasteiger partial charge is 0.478 e.